The first-order chi connectivity index (χ1) is 11.2. The summed E-state index contributed by atoms with van der Waals surface area (Å²) in [5.41, 5.74) is 0.917. The molecular formula is C16H22Cl2FN5O. The first-order valence-corrected chi connectivity index (χ1v) is 7.85. The smallest absolute Gasteiger partial charge is 0.238 e. The van der Waals surface area contributed by atoms with Gasteiger partial charge in [-0.05, 0) is 38.1 Å². The first kappa shape index (κ1) is 21.3. The van der Waals surface area contributed by atoms with Gasteiger partial charge in [0, 0.05) is 18.7 Å². The van der Waals surface area contributed by atoms with Crippen molar-refractivity contribution >= 4 is 36.4 Å². The van der Waals surface area contributed by atoms with Crippen molar-refractivity contribution in [1.29, 1.82) is 0 Å². The van der Waals surface area contributed by atoms with Gasteiger partial charge in [0.1, 0.15) is 11.6 Å². The Morgan fingerprint density at radius 1 is 1.24 bits per heavy atom. The van der Waals surface area contributed by atoms with Crippen molar-refractivity contribution in [3.05, 3.63) is 29.8 Å². The van der Waals surface area contributed by atoms with Gasteiger partial charge in [0.2, 0.25) is 5.91 Å². The van der Waals surface area contributed by atoms with Crippen LogP contribution < -0.4 is 10.6 Å². The maximum absolute atomic E-state index is 14.3. The number of benzene rings is 1. The largest absolute Gasteiger partial charge is 0.325 e. The van der Waals surface area contributed by atoms with E-state index >= 15 is 0 Å². The second-order valence-electron chi connectivity index (χ2n) is 5.68. The van der Waals surface area contributed by atoms with Crippen LogP contribution in [0, 0.1) is 5.82 Å². The number of halogens is 3. The number of nitrogens with one attached hydrogen (secondary N) is 2. The summed E-state index contributed by atoms with van der Waals surface area (Å²) in [6.07, 6.45) is 4.14. The lowest BCUT2D eigenvalue weighted by atomic mass is 10.1. The van der Waals surface area contributed by atoms with Crippen molar-refractivity contribution in [1.82, 2.24) is 20.1 Å². The molecule has 0 unspecified atom stereocenters. The number of carbonyl (C=O) groups is 1. The lowest BCUT2D eigenvalue weighted by Gasteiger charge is -2.10. The number of carbonyl (C=O) groups excluding carboxylic acids is 1. The molecule has 0 saturated heterocycles. The van der Waals surface area contributed by atoms with Gasteiger partial charge >= 0.3 is 0 Å². The summed E-state index contributed by atoms with van der Waals surface area (Å²) in [4.78, 5) is 11.7. The minimum Gasteiger partial charge on any atom is -0.325 e. The molecule has 1 amide bonds. The van der Waals surface area contributed by atoms with E-state index in [0.29, 0.717) is 17.1 Å². The number of hydrogen-bond donors (Lipinski definition) is 2. The van der Waals surface area contributed by atoms with E-state index in [9.17, 15) is 9.18 Å². The van der Waals surface area contributed by atoms with Crippen LogP contribution in [0.15, 0.2) is 18.2 Å². The number of likely N-dealkylation sites (N-methyl/N-ethyl adjacent to an activating group) is 1. The minimum atomic E-state index is -0.365. The van der Waals surface area contributed by atoms with Gasteiger partial charge in [0.25, 0.3) is 0 Å². The fraction of sp³-hybridized carbons (Fsp3) is 0.438. The molecule has 0 radical (unpaired) electrons. The Morgan fingerprint density at radius 2 is 2.04 bits per heavy atom. The number of anilines is 1. The second-order valence-corrected chi connectivity index (χ2v) is 5.68. The van der Waals surface area contributed by atoms with Crippen molar-refractivity contribution in [2.75, 3.05) is 18.9 Å². The van der Waals surface area contributed by atoms with E-state index in [4.69, 9.17) is 0 Å². The average molecular weight is 390 g/mol. The SMILES string of the molecule is CNCC(=O)Nc1ccc(F)c(-c2nnc3n2CCCCC3)c1.Cl.Cl. The molecule has 2 N–H and O–H groups in total. The van der Waals surface area contributed by atoms with Crippen LogP contribution in [0.2, 0.25) is 0 Å². The van der Waals surface area contributed by atoms with Crippen molar-refractivity contribution in [2.45, 2.75) is 32.2 Å². The van der Waals surface area contributed by atoms with Crippen LogP contribution in [-0.4, -0.2) is 34.3 Å². The number of nitrogens with zero attached hydrogens (tertiary/aromatic N) is 3. The molecular weight excluding hydrogens is 368 g/mol. The van der Waals surface area contributed by atoms with Gasteiger partial charge < -0.3 is 15.2 Å². The monoisotopic (exact) mass is 389 g/mol. The Bertz CT molecular complexity index is 723. The average Bonchev–Trinajstić information content (AvgIpc) is 2.78. The van der Waals surface area contributed by atoms with Crippen LogP contribution in [-0.2, 0) is 17.8 Å². The molecule has 1 aromatic heterocycles. The number of amides is 1. The zero-order valence-electron chi connectivity index (χ0n) is 13.9. The molecule has 0 spiro atoms. The summed E-state index contributed by atoms with van der Waals surface area (Å²) in [5, 5.41) is 13.9. The van der Waals surface area contributed by atoms with E-state index in [1.165, 1.54) is 6.07 Å². The van der Waals surface area contributed by atoms with Gasteiger partial charge in [-0.2, -0.15) is 0 Å². The second kappa shape index (κ2) is 9.70. The predicted octanol–water partition coefficient (Wildman–Crippen LogP) is 2.81. The maximum Gasteiger partial charge on any atom is 0.238 e. The fourth-order valence-corrected chi connectivity index (χ4v) is 2.82. The molecule has 138 valence electrons. The van der Waals surface area contributed by atoms with Gasteiger partial charge in [0.15, 0.2) is 5.82 Å². The summed E-state index contributed by atoms with van der Waals surface area (Å²) >= 11 is 0. The van der Waals surface area contributed by atoms with Gasteiger partial charge in [-0.3, -0.25) is 4.79 Å². The summed E-state index contributed by atoms with van der Waals surface area (Å²) in [6, 6.07) is 4.51. The number of rotatable bonds is 4. The first-order valence-electron chi connectivity index (χ1n) is 7.85. The fourth-order valence-electron chi connectivity index (χ4n) is 2.82. The molecule has 9 heteroatoms. The van der Waals surface area contributed by atoms with Gasteiger partial charge in [0.05, 0.1) is 12.1 Å². The van der Waals surface area contributed by atoms with Crippen molar-refractivity contribution in [3.8, 4) is 11.4 Å². The molecule has 1 aliphatic rings. The molecule has 0 fully saturated rings. The van der Waals surface area contributed by atoms with Crippen LogP contribution >= 0.6 is 24.8 Å². The molecule has 1 aromatic carbocycles. The van der Waals surface area contributed by atoms with Gasteiger partial charge in [-0.15, -0.1) is 35.0 Å². The minimum absolute atomic E-state index is 0. The van der Waals surface area contributed by atoms with Crippen LogP contribution in [0.1, 0.15) is 25.1 Å². The Kier molecular flexibility index (Phi) is 8.28. The summed E-state index contributed by atoms with van der Waals surface area (Å²) < 4.78 is 16.3. The van der Waals surface area contributed by atoms with Crippen molar-refractivity contribution in [2.24, 2.45) is 0 Å². The lowest BCUT2D eigenvalue weighted by molar-refractivity contribution is -0.115. The van der Waals surface area contributed by atoms with E-state index in [1.54, 1.807) is 19.2 Å². The summed E-state index contributed by atoms with van der Waals surface area (Å²) in [6.45, 7) is 1.00. The molecule has 6 nitrogen and oxygen atoms in total. The number of fused-ring (bicyclic) bond motifs is 1. The molecule has 0 aliphatic carbocycles. The third kappa shape index (κ3) is 4.90. The highest BCUT2D eigenvalue weighted by Gasteiger charge is 2.19. The Labute approximate surface area is 158 Å². The molecule has 1 aliphatic heterocycles. The topological polar surface area (TPSA) is 71.8 Å². The molecule has 2 heterocycles. The highest BCUT2D eigenvalue weighted by molar-refractivity contribution is 5.92. The van der Waals surface area contributed by atoms with E-state index in [2.05, 4.69) is 20.8 Å². The molecule has 0 bridgehead atoms. The maximum atomic E-state index is 14.3. The normalized spacial score (nSPS) is 13.0. The number of aryl methyl sites for hydroxylation is 1. The van der Waals surface area contributed by atoms with Crippen LogP contribution in [0.4, 0.5) is 10.1 Å². The summed E-state index contributed by atoms with van der Waals surface area (Å²) in [5.74, 6) is 0.895. The third-order valence-electron chi connectivity index (χ3n) is 3.94. The molecule has 2 aromatic rings. The quantitative estimate of drug-likeness (QED) is 0.842. The number of aromatic nitrogens is 3. The zero-order valence-corrected chi connectivity index (χ0v) is 15.6. The standard InChI is InChI=1S/C16H20FN5O.2ClH/c1-18-10-15(23)19-11-6-7-13(17)12(9-11)16-21-20-14-5-3-2-4-8-22(14)16;;/h6-7,9,18H,2-5,8,10H2,1H3,(H,19,23);2*1H. The van der Waals surface area contributed by atoms with Crippen molar-refractivity contribution < 1.29 is 9.18 Å². The Hall–Kier alpha value is -1.70. The zero-order chi connectivity index (χ0) is 16.2. The molecule has 0 atom stereocenters. The van der Waals surface area contributed by atoms with E-state index in [1.807, 2.05) is 4.57 Å². The molecule has 3 rings (SSSR count). The highest BCUT2D eigenvalue weighted by atomic mass is 35.5. The van der Waals surface area contributed by atoms with Gasteiger partial charge in [-0.25, -0.2) is 4.39 Å². The van der Waals surface area contributed by atoms with Crippen molar-refractivity contribution in [3.63, 3.8) is 0 Å². The van der Waals surface area contributed by atoms with E-state index in [0.717, 1.165) is 38.1 Å². The van der Waals surface area contributed by atoms with Crippen LogP contribution in [0.3, 0.4) is 0 Å². The third-order valence-corrected chi connectivity index (χ3v) is 3.94. The summed E-state index contributed by atoms with van der Waals surface area (Å²) in [7, 11) is 1.70. The van der Waals surface area contributed by atoms with Gasteiger partial charge in [-0.1, -0.05) is 6.42 Å². The van der Waals surface area contributed by atoms with E-state index in [-0.39, 0.29) is 43.1 Å². The molecule has 25 heavy (non-hydrogen) atoms. The lowest BCUT2D eigenvalue weighted by Crippen LogP contribution is -2.25. The Balaban J connectivity index is 0.00000156. The predicted molar refractivity (Wildman–Crippen MR) is 100 cm³/mol. The van der Waals surface area contributed by atoms with E-state index < -0.39 is 0 Å². The Morgan fingerprint density at radius 3 is 2.80 bits per heavy atom. The number of hydrogen-bond acceptors (Lipinski definition) is 4. The van der Waals surface area contributed by atoms with Crippen LogP contribution in [0.25, 0.3) is 11.4 Å². The molecule has 0 saturated carbocycles. The van der Waals surface area contributed by atoms with Crippen LogP contribution in [0.5, 0.6) is 0 Å². The highest BCUT2D eigenvalue weighted by Crippen LogP contribution is 2.27.